The highest BCUT2D eigenvalue weighted by Gasteiger charge is 2.34. The van der Waals surface area contributed by atoms with Gasteiger partial charge in [0.25, 0.3) is 0 Å². The number of nitrogens with zero attached hydrogens (tertiary/aromatic N) is 2. The summed E-state index contributed by atoms with van der Waals surface area (Å²) in [5.74, 6) is 0. The first-order valence-electron chi connectivity index (χ1n) is 5.51. The van der Waals surface area contributed by atoms with Crippen LogP contribution in [-0.2, 0) is 0 Å². The zero-order chi connectivity index (χ0) is 9.26. The minimum atomic E-state index is 0.646. The Hall–Kier alpha value is -0.120. The van der Waals surface area contributed by atoms with E-state index in [2.05, 4.69) is 29.0 Å². The molecule has 3 rings (SSSR count). The number of rotatable bonds is 3. The highest BCUT2D eigenvalue weighted by Crippen LogP contribution is 2.17. The molecule has 13 heavy (non-hydrogen) atoms. The lowest BCUT2D eigenvalue weighted by Crippen LogP contribution is -2.65. The van der Waals surface area contributed by atoms with Crippen LogP contribution in [0.2, 0.25) is 0 Å². The van der Waals surface area contributed by atoms with Crippen molar-refractivity contribution < 1.29 is 0 Å². The van der Waals surface area contributed by atoms with Crippen LogP contribution in [0.15, 0.2) is 0 Å². The zero-order valence-electron chi connectivity index (χ0n) is 8.79. The lowest BCUT2D eigenvalue weighted by Gasteiger charge is -2.49. The molecule has 0 radical (unpaired) electrons. The second kappa shape index (κ2) is 3.95. The van der Waals surface area contributed by atoms with Gasteiger partial charge in [-0.1, -0.05) is 6.92 Å². The maximum atomic E-state index is 3.53. The van der Waals surface area contributed by atoms with Crippen LogP contribution in [0.5, 0.6) is 0 Å². The van der Waals surface area contributed by atoms with Gasteiger partial charge < -0.3 is 5.32 Å². The summed E-state index contributed by atoms with van der Waals surface area (Å²) in [6, 6.07) is 1.40. The van der Waals surface area contributed by atoms with E-state index in [0.717, 1.165) is 12.6 Å². The summed E-state index contributed by atoms with van der Waals surface area (Å²) in [5.41, 5.74) is 0. The zero-order valence-corrected chi connectivity index (χ0v) is 8.79. The second-order valence-corrected chi connectivity index (χ2v) is 4.25. The molecule has 3 nitrogen and oxygen atoms in total. The molecular formula is C10H21N3. The van der Waals surface area contributed by atoms with E-state index in [1.807, 2.05) is 0 Å². The Morgan fingerprint density at radius 3 is 2.46 bits per heavy atom. The van der Waals surface area contributed by atoms with Gasteiger partial charge in [-0.25, -0.2) is 0 Å². The molecule has 3 saturated heterocycles. The van der Waals surface area contributed by atoms with E-state index in [0.29, 0.717) is 6.04 Å². The maximum absolute atomic E-state index is 3.53. The van der Waals surface area contributed by atoms with E-state index in [9.17, 15) is 0 Å². The standard InChI is InChI=1S/C10H21N3/c1-3-11-9(2)10-8-12-4-6-13(10)7-5-12/h9-11H,3-8H2,1-2H3. The van der Waals surface area contributed by atoms with Crippen LogP contribution in [0.3, 0.4) is 0 Å². The van der Waals surface area contributed by atoms with E-state index in [4.69, 9.17) is 0 Å². The van der Waals surface area contributed by atoms with E-state index in [1.54, 1.807) is 0 Å². The molecule has 0 aromatic rings. The van der Waals surface area contributed by atoms with Gasteiger partial charge in [0.2, 0.25) is 0 Å². The summed E-state index contributed by atoms with van der Waals surface area (Å²) in [4.78, 5) is 5.24. The van der Waals surface area contributed by atoms with E-state index in [1.165, 1.54) is 32.7 Å². The fourth-order valence-electron chi connectivity index (χ4n) is 2.59. The molecule has 0 saturated carbocycles. The van der Waals surface area contributed by atoms with Crippen LogP contribution in [0, 0.1) is 0 Å². The van der Waals surface area contributed by atoms with Crippen molar-refractivity contribution in [3.8, 4) is 0 Å². The summed E-state index contributed by atoms with van der Waals surface area (Å²) < 4.78 is 0. The second-order valence-electron chi connectivity index (χ2n) is 4.25. The molecule has 76 valence electrons. The van der Waals surface area contributed by atoms with Gasteiger partial charge in [0.1, 0.15) is 0 Å². The monoisotopic (exact) mass is 183 g/mol. The smallest absolute Gasteiger partial charge is 0.0374 e. The largest absolute Gasteiger partial charge is 0.313 e. The molecule has 0 amide bonds. The van der Waals surface area contributed by atoms with Crippen LogP contribution in [0.4, 0.5) is 0 Å². The lowest BCUT2D eigenvalue weighted by molar-refractivity contribution is -0.000148. The van der Waals surface area contributed by atoms with Crippen molar-refractivity contribution in [1.29, 1.82) is 0 Å². The molecule has 2 atom stereocenters. The van der Waals surface area contributed by atoms with Crippen molar-refractivity contribution >= 4 is 0 Å². The summed E-state index contributed by atoms with van der Waals surface area (Å²) in [6.45, 7) is 12.0. The number of nitrogens with one attached hydrogen (secondary N) is 1. The predicted molar refractivity (Wildman–Crippen MR) is 54.9 cm³/mol. The molecule has 3 fully saturated rings. The molecule has 1 N–H and O–H groups in total. The highest BCUT2D eigenvalue weighted by molar-refractivity contribution is 4.92. The molecule has 0 spiro atoms. The molecule has 2 unspecified atom stereocenters. The van der Waals surface area contributed by atoms with E-state index in [-0.39, 0.29) is 0 Å². The third-order valence-electron chi connectivity index (χ3n) is 3.42. The molecule has 2 bridgehead atoms. The maximum Gasteiger partial charge on any atom is 0.0374 e. The third-order valence-corrected chi connectivity index (χ3v) is 3.42. The van der Waals surface area contributed by atoms with Gasteiger partial charge in [-0.3, -0.25) is 9.80 Å². The topological polar surface area (TPSA) is 18.5 Å². The number of likely N-dealkylation sites (N-methyl/N-ethyl adjacent to an activating group) is 1. The van der Waals surface area contributed by atoms with Crippen molar-refractivity contribution in [2.45, 2.75) is 25.9 Å². The lowest BCUT2D eigenvalue weighted by atomic mass is 10.0. The van der Waals surface area contributed by atoms with Crippen LogP contribution in [0.25, 0.3) is 0 Å². The van der Waals surface area contributed by atoms with Gasteiger partial charge in [-0.15, -0.1) is 0 Å². The summed E-state index contributed by atoms with van der Waals surface area (Å²) in [5, 5.41) is 3.53. The van der Waals surface area contributed by atoms with Crippen LogP contribution in [-0.4, -0.2) is 61.2 Å². The van der Waals surface area contributed by atoms with Gasteiger partial charge in [-0.05, 0) is 13.5 Å². The number of fused-ring (bicyclic) bond motifs is 3. The van der Waals surface area contributed by atoms with Gasteiger partial charge in [0, 0.05) is 44.8 Å². The first kappa shape index (κ1) is 9.44. The number of piperazine rings is 3. The summed E-state index contributed by atoms with van der Waals surface area (Å²) in [6.07, 6.45) is 0. The average molecular weight is 183 g/mol. The Kier molecular flexibility index (Phi) is 2.86. The Morgan fingerprint density at radius 1 is 1.31 bits per heavy atom. The van der Waals surface area contributed by atoms with Crippen molar-refractivity contribution in [2.24, 2.45) is 0 Å². The number of hydrogen-bond donors (Lipinski definition) is 1. The normalized spacial score (nSPS) is 40.6. The Balaban J connectivity index is 1.92. The Morgan fingerprint density at radius 2 is 2.00 bits per heavy atom. The predicted octanol–water partition coefficient (Wildman–Crippen LogP) is -0.0158. The Bertz CT molecular complexity index is 164. The van der Waals surface area contributed by atoms with Crippen LogP contribution < -0.4 is 5.32 Å². The highest BCUT2D eigenvalue weighted by atomic mass is 15.4. The van der Waals surface area contributed by atoms with Gasteiger partial charge >= 0.3 is 0 Å². The van der Waals surface area contributed by atoms with Crippen molar-refractivity contribution in [1.82, 2.24) is 15.1 Å². The SMILES string of the molecule is CCNC(C)C1CN2CCN1CC2. The minimum Gasteiger partial charge on any atom is -0.313 e. The van der Waals surface area contributed by atoms with Crippen molar-refractivity contribution in [3.63, 3.8) is 0 Å². The summed E-state index contributed by atoms with van der Waals surface area (Å²) >= 11 is 0. The van der Waals surface area contributed by atoms with Crippen LogP contribution in [0.1, 0.15) is 13.8 Å². The van der Waals surface area contributed by atoms with Crippen molar-refractivity contribution in [2.75, 3.05) is 39.3 Å². The first-order valence-corrected chi connectivity index (χ1v) is 5.51. The minimum absolute atomic E-state index is 0.646. The van der Waals surface area contributed by atoms with Gasteiger partial charge in [0.15, 0.2) is 0 Å². The van der Waals surface area contributed by atoms with Crippen LogP contribution >= 0.6 is 0 Å². The third kappa shape index (κ3) is 1.87. The van der Waals surface area contributed by atoms with E-state index < -0.39 is 0 Å². The molecule has 0 aliphatic carbocycles. The molecule has 3 aliphatic heterocycles. The molecular weight excluding hydrogens is 162 g/mol. The molecule has 0 aromatic carbocycles. The van der Waals surface area contributed by atoms with Gasteiger partial charge in [-0.2, -0.15) is 0 Å². The average Bonchev–Trinajstić information content (AvgIpc) is 2.20. The van der Waals surface area contributed by atoms with Crippen molar-refractivity contribution in [3.05, 3.63) is 0 Å². The van der Waals surface area contributed by atoms with E-state index >= 15 is 0 Å². The molecule has 3 heterocycles. The fraction of sp³-hybridized carbons (Fsp3) is 1.00. The number of hydrogen-bond acceptors (Lipinski definition) is 3. The Labute approximate surface area is 81.1 Å². The molecule has 0 aromatic heterocycles. The molecule has 3 aliphatic rings. The van der Waals surface area contributed by atoms with Gasteiger partial charge in [0.05, 0.1) is 0 Å². The fourth-order valence-corrected chi connectivity index (χ4v) is 2.59. The summed E-state index contributed by atoms with van der Waals surface area (Å²) in [7, 11) is 0. The first-order chi connectivity index (χ1) is 6.31. The molecule has 3 heteroatoms. The quantitative estimate of drug-likeness (QED) is 0.663.